The highest BCUT2D eigenvalue weighted by atomic mass is 16.5. The van der Waals surface area contributed by atoms with E-state index in [9.17, 15) is 14.7 Å². The van der Waals surface area contributed by atoms with Crippen LogP contribution in [0.25, 0.3) is 5.76 Å². The van der Waals surface area contributed by atoms with Crippen LogP contribution < -0.4 is 4.74 Å². The molecule has 6 nitrogen and oxygen atoms in total. The number of aliphatic hydroxyl groups excluding tert-OH is 1. The Morgan fingerprint density at radius 1 is 1.03 bits per heavy atom. The molecule has 1 heterocycles. The van der Waals surface area contributed by atoms with Crippen LogP contribution in [0.5, 0.6) is 5.75 Å². The molecular weight excluding hydrogens is 454 g/mol. The number of hydrogen-bond acceptors (Lipinski definition) is 5. The number of carbonyl (C=O) groups is 2. The lowest BCUT2D eigenvalue weighted by Crippen LogP contribution is -2.31. The molecule has 1 aliphatic heterocycles. The predicted molar refractivity (Wildman–Crippen MR) is 142 cm³/mol. The summed E-state index contributed by atoms with van der Waals surface area (Å²) in [6.45, 7) is 11.9. The minimum Gasteiger partial charge on any atom is -0.507 e. The van der Waals surface area contributed by atoms with E-state index in [1.807, 2.05) is 37.3 Å². The van der Waals surface area contributed by atoms with Crippen LogP contribution in [-0.4, -0.2) is 48.6 Å². The molecule has 0 saturated carbocycles. The molecule has 1 saturated heterocycles. The average Bonchev–Trinajstić information content (AvgIpc) is 3.09. The molecule has 2 aromatic rings. The van der Waals surface area contributed by atoms with E-state index in [0.717, 1.165) is 35.3 Å². The first kappa shape index (κ1) is 27.5. The molecule has 0 aromatic heterocycles. The molecule has 194 valence electrons. The third-order valence-corrected chi connectivity index (χ3v) is 6.58. The second-order valence-corrected chi connectivity index (χ2v) is 10.4. The Balaban J connectivity index is 2.05. The topological polar surface area (TPSA) is 76.1 Å². The highest BCUT2D eigenvalue weighted by molar-refractivity contribution is 6.46. The van der Waals surface area contributed by atoms with Gasteiger partial charge in [-0.3, -0.25) is 9.59 Å². The van der Waals surface area contributed by atoms with Crippen molar-refractivity contribution in [2.24, 2.45) is 0 Å². The van der Waals surface area contributed by atoms with Crippen molar-refractivity contribution in [3.05, 3.63) is 70.3 Å². The largest absolute Gasteiger partial charge is 0.507 e. The molecule has 2 aromatic carbocycles. The molecular formula is C30H39NO5. The molecule has 36 heavy (non-hydrogen) atoms. The zero-order valence-electron chi connectivity index (χ0n) is 22.4. The number of ether oxygens (including phenoxy) is 2. The maximum absolute atomic E-state index is 13.2. The number of aryl methyl sites for hydroxylation is 1. The smallest absolute Gasteiger partial charge is 0.295 e. The minimum atomic E-state index is -0.671. The Morgan fingerprint density at radius 3 is 2.31 bits per heavy atom. The number of benzene rings is 2. The molecule has 0 aliphatic carbocycles. The summed E-state index contributed by atoms with van der Waals surface area (Å²) in [5, 5.41) is 11.4. The van der Waals surface area contributed by atoms with E-state index in [-0.39, 0.29) is 16.7 Å². The summed E-state index contributed by atoms with van der Waals surface area (Å²) < 4.78 is 11.0. The Morgan fingerprint density at radius 2 is 1.72 bits per heavy atom. The van der Waals surface area contributed by atoms with Crippen molar-refractivity contribution in [1.29, 1.82) is 0 Å². The third kappa shape index (κ3) is 5.98. The van der Waals surface area contributed by atoms with Gasteiger partial charge in [0, 0.05) is 25.8 Å². The number of nitrogens with zero attached hydrogens (tertiary/aromatic N) is 1. The minimum absolute atomic E-state index is 0.0305. The number of carbonyl (C=O) groups excluding carboxylic acids is 2. The predicted octanol–water partition coefficient (Wildman–Crippen LogP) is 5.93. The number of unbranched alkanes of at least 4 members (excludes halogenated alkanes) is 1. The third-order valence-electron chi connectivity index (χ3n) is 6.58. The first-order valence-electron chi connectivity index (χ1n) is 12.7. The fourth-order valence-corrected chi connectivity index (χ4v) is 4.44. The van der Waals surface area contributed by atoms with Crippen molar-refractivity contribution in [2.75, 3.05) is 26.9 Å². The molecule has 0 spiro atoms. The summed E-state index contributed by atoms with van der Waals surface area (Å²) in [5.74, 6) is -0.699. The number of rotatable bonds is 10. The second-order valence-electron chi connectivity index (χ2n) is 10.4. The summed E-state index contributed by atoms with van der Waals surface area (Å²) in [4.78, 5) is 27.9. The van der Waals surface area contributed by atoms with Crippen molar-refractivity contribution in [1.82, 2.24) is 4.90 Å². The quantitative estimate of drug-likeness (QED) is 0.192. The van der Waals surface area contributed by atoms with Gasteiger partial charge in [0.15, 0.2) is 0 Å². The van der Waals surface area contributed by atoms with Crippen LogP contribution in [0.3, 0.4) is 0 Å². The highest BCUT2D eigenvalue weighted by Crippen LogP contribution is 2.40. The monoisotopic (exact) mass is 493 g/mol. The zero-order valence-corrected chi connectivity index (χ0v) is 22.4. The number of amides is 1. The van der Waals surface area contributed by atoms with E-state index in [1.165, 1.54) is 0 Å². The molecule has 1 N–H and O–H groups in total. The van der Waals surface area contributed by atoms with E-state index in [0.29, 0.717) is 31.7 Å². The van der Waals surface area contributed by atoms with E-state index in [2.05, 4.69) is 27.7 Å². The molecule has 1 aliphatic rings. The average molecular weight is 494 g/mol. The van der Waals surface area contributed by atoms with Gasteiger partial charge in [-0.1, -0.05) is 58.4 Å². The lowest BCUT2D eigenvalue weighted by Gasteiger charge is -2.26. The van der Waals surface area contributed by atoms with Crippen LogP contribution in [0, 0.1) is 6.92 Å². The van der Waals surface area contributed by atoms with Gasteiger partial charge in [-0.05, 0) is 60.1 Å². The van der Waals surface area contributed by atoms with E-state index < -0.39 is 17.7 Å². The van der Waals surface area contributed by atoms with Gasteiger partial charge in [-0.15, -0.1) is 0 Å². The van der Waals surface area contributed by atoms with Crippen molar-refractivity contribution >= 4 is 17.4 Å². The fourth-order valence-electron chi connectivity index (χ4n) is 4.44. The van der Waals surface area contributed by atoms with Crippen LogP contribution in [0.1, 0.15) is 75.3 Å². The molecule has 0 unspecified atom stereocenters. The van der Waals surface area contributed by atoms with Crippen LogP contribution in [0.4, 0.5) is 0 Å². The normalized spacial score (nSPS) is 17.6. The Labute approximate surface area is 214 Å². The van der Waals surface area contributed by atoms with Crippen molar-refractivity contribution in [3.63, 3.8) is 0 Å². The molecule has 0 radical (unpaired) electrons. The lowest BCUT2D eigenvalue weighted by atomic mass is 9.85. The second kappa shape index (κ2) is 11.7. The zero-order chi connectivity index (χ0) is 26.5. The van der Waals surface area contributed by atoms with Gasteiger partial charge in [-0.25, -0.2) is 0 Å². The van der Waals surface area contributed by atoms with Gasteiger partial charge in [0.1, 0.15) is 11.5 Å². The fraction of sp³-hybridized carbons (Fsp3) is 0.467. The Bertz CT molecular complexity index is 1110. The number of Topliss-reactive ketones (excluding diaryl/α,β-unsaturated/α-hetero) is 1. The summed E-state index contributed by atoms with van der Waals surface area (Å²) >= 11 is 0. The summed E-state index contributed by atoms with van der Waals surface area (Å²) in [7, 11) is 1.61. The first-order chi connectivity index (χ1) is 17.1. The Hall–Kier alpha value is -3.12. The van der Waals surface area contributed by atoms with Gasteiger partial charge < -0.3 is 19.5 Å². The van der Waals surface area contributed by atoms with E-state index >= 15 is 0 Å². The number of likely N-dealkylation sites (tertiary alicyclic amines) is 1. The van der Waals surface area contributed by atoms with Gasteiger partial charge in [0.2, 0.25) is 0 Å². The van der Waals surface area contributed by atoms with Crippen LogP contribution >= 0.6 is 0 Å². The molecule has 0 bridgehead atoms. The van der Waals surface area contributed by atoms with Gasteiger partial charge in [-0.2, -0.15) is 0 Å². The molecule has 3 rings (SSSR count). The molecule has 1 fully saturated rings. The van der Waals surface area contributed by atoms with E-state index in [1.54, 1.807) is 24.1 Å². The summed E-state index contributed by atoms with van der Waals surface area (Å²) in [6.07, 6.45) is 2.59. The first-order valence-corrected chi connectivity index (χ1v) is 12.7. The van der Waals surface area contributed by atoms with Gasteiger partial charge in [0.05, 0.1) is 18.2 Å². The van der Waals surface area contributed by atoms with Crippen LogP contribution in [-0.2, 0) is 19.7 Å². The molecule has 1 amide bonds. The summed E-state index contributed by atoms with van der Waals surface area (Å²) in [6, 6.07) is 12.6. The van der Waals surface area contributed by atoms with Gasteiger partial charge >= 0.3 is 0 Å². The van der Waals surface area contributed by atoms with E-state index in [4.69, 9.17) is 9.47 Å². The number of ketones is 1. The standard InChI is InChI=1S/C30H39NO5/c1-7-8-18-36-24-15-12-22(19-20(24)2)27(32)25-26(21-10-13-23(14-11-21)30(3,4)5)31(16-9-17-35-6)29(34)28(25)33/h10-15,19,26,32H,7-9,16-18H2,1-6H3/b27-25+/t26-/m0/s1. The van der Waals surface area contributed by atoms with Crippen LogP contribution in [0.15, 0.2) is 48.0 Å². The Kier molecular flexibility index (Phi) is 8.96. The van der Waals surface area contributed by atoms with Crippen molar-refractivity contribution < 1.29 is 24.2 Å². The SMILES string of the molecule is CCCCOc1ccc(/C(O)=C2\C(=O)C(=O)N(CCCOC)[C@H]2c2ccc(C(C)(C)C)cc2)cc1C. The maximum atomic E-state index is 13.2. The number of methoxy groups -OCH3 is 1. The molecule has 1 atom stereocenters. The maximum Gasteiger partial charge on any atom is 0.295 e. The van der Waals surface area contributed by atoms with Crippen molar-refractivity contribution in [3.8, 4) is 5.75 Å². The van der Waals surface area contributed by atoms with Crippen LogP contribution in [0.2, 0.25) is 0 Å². The number of aliphatic hydroxyl groups is 1. The summed E-state index contributed by atoms with van der Waals surface area (Å²) in [5.41, 5.74) is 3.36. The molecule has 6 heteroatoms. The highest BCUT2D eigenvalue weighted by Gasteiger charge is 2.45. The lowest BCUT2D eigenvalue weighted by molar-refractivity contribution is -0.140. The van der Waals surface area contributed by atoms with Crippen molar-refractivity contribution in [2.45, 2.75) is 65.3 Å². The van der Waals surface area contributed by atoms with Gasteiger partial charge in [0.25, 0.3) is 11.7 Å². The number of hydrogen-bond donors (Lipinski definition) is 1.